The van der Waals surface area contributed by atoms with E-state index in [1.165, 1.54) is 0 Å². The van der Waals surface area contributed by atoms with Crippen LogP contribution in [0.2, 0.25) is 0 Å². The molecule has 0 fully saturated rings. The summed E-state index contributed by atoms with van der Waals surface area (Å²) < 4.78 is 5.79. The zero-order valence-corrected chi connectivity index (χ0v) is 8.91. The summed E-state index contributed by atoms with van der Waals surface area (Å²) in [6.45, 7) is 0. The van der Waals surface area contributed by atoms with Crippen molar-refractivity contribution in [3.63, 3.8) is 0 Å². The lowest BCUT2D eigenvalue weighted by Gasteiger charge is -1.97. The molecule has 0 radical (unpaired) electrons. The van der Waals surface area contributed by atoms with E-state index in [4.69, 9.17) is 4.42 Å². The minimum Gasteiger partial charge on any atom is -0.407 e. The van der Waals surface area contributed by atoms with Crippen molar-refractivity contribution in [2.45, 2.75) is 0 Å². The summed E-state index contributed by atoms with van der Waals surface area (Å²) in [4.78, 5) is 21.8. The zero-order chi connectivity index (χ0) is 10.4. The zero-order valence-electron chi connectivity index (χ0n) is 7.32. The Balaban J connectivity index is 2.65. The number of nitrogens with one attached hydrogen (secondary N) is 1. The van der Waals surface area contributed by atoms with Gasteiger partial charge in [0.25, 0.3) is 0 Å². The second kappa shape index (κ2) is 2.90. The van der Waals surface area contributed by atoms with Crippen LogP contribution in [0.5, 0.6) is 0 Å². The minimum absolute atomic E-state index is 0.485. The molecular formula is C9H4BrN3O2. The van der Waals surface area contributed by atoms with E-state index in [9.17, 15) is 4.79 Å². The molecule has 0 aliphatic carbocycles. The molecule has 0 aliphatic rings. The van der Waals surface area contributed by atoms with E-state index in [2.05, 4.69) is 30.9 Å². The van der Waals surface area contributed by atoms with Crippen molar-refractivity contribution < 1.29 is 4.42 Å². The molecule has 0 amide bonds. The topological polar surface area (TPSA) is 71.8 Å². The van der Waals surface area contributed by atoms with Crippen molar-refractivity contribution >= 4 is 37.9 Å². The fourth-order valence-corrected chi connectivity index (χ4v) is 1.92. The second-order valence-electron chi connectivity index (χ2n) is 3.03. The molecular weight excluding hydrogens is 262 g/mol. The monoisotopic (exact) mass is 265 g/mol. The molecule has 0 unspecified atom stereocenters. The highest BCUT2D eigenvalue weighted by atomic mass is 79.9. The Hall–Kier alpha value is -1.69. The van der Waals surface area contributed by atoms with Crippen LogP contribution in [-0.4, -0.2) is 15.0 Å². The first-order valence-electron chi connectivity index (χ1n) is 4.17. The first-order valence-corrected chi connectivity index (χ1v) is 4.96. The van der Waals surface area contributed by atoms with Gasteiger partial charge in [-0.05, 0) is 15.9 Å². The van der Waals surface area contributed by atoms with E-state index in [-0.39, 0.29) is 0 Å². The van der Waals surface area contributed by atoms with Gasteiger partial charge in [-0.25, -0.2) is 4.79 Å². The smallest absolute Gasteiger partial charge is 0.407 e. The number of hydrogen-bond acceptors (Lipinski definition) is 4. The summed E-state index contributed by atoms with van der Waals surface area (Å²) in [5.41, 5.74) is 1.78. The number of aromatic amines is 1. The number of aromatic nitrogens is 3. The molecule has 6 heteroatoms. The van der Waals surface area contributed by atoms with Crippen LogP contribution in [0.25, 0.3) is 22.0 Å². The van der Waals surface area contributed by atoms with Crippen LogP contribution >= 0.6 is 15.9 Å². The summed E-state index contributed by atoms with van der Waals surface area (Å²) in [6, 6.07) is 0. The van der Waals surface area contributed by atoms with Gasteiger partial charge in [-0.15, -0.1) is 0 Å². The molecule has 0 saturated carbocycles. The third kappa shape index (κ3) is 1.18. The largest absolute Gasteiger partial charge is 0.417 e. The molecule has 3 rings (SSSR count). The molecule has 0 spiro atoms. The third-order valence-corrected chi connectivity index (χ3v) is 2.70. The van der Waals surface area contributed by atoms with Crippen LogP contribution in [0, 0.1) is 0 Å². The van der Waals surface area contributed by atoms with Crippen molar-refractivity contribution in [2.24, 2.45) is 0 Å². The van der Waals surface area contributed by atoms with Gasteiger partial charge >= 0.3 is 5.76 Å². The van der Waals surface area contributed by atoms with Gasteiger partial charge in [-0.1, -0.05) is 0 Å². The van der Waals surface area contributed by atoms with Gasteiger partial charge in [-0.3, -0.25) is 15.0 Å². The maximum absolute atomic E-state index is 11.0. The lowest BCUT2D eigenvalue weighted by Crippen LogP contribution is -1.92. The molecule has 0 bridgehead atoms. The highest BCUT2D eigenvalue weighted by molar-refractivity contribution is 9.10. The lowest BCUT2D eigenvalue weighted by atomic mass is 10.2. The fraction of sp³-hybridized carbons (Fsp3) is 0. The number of pyridine rings is 2. The minimum atomic E-state index is -0.487. The van der Waals surface area contributed by atoms with Crippen LogP contribution in [-0.2, 0) is 0 Å². The van der Waals surface area contributed by atoms with Gasteiger partial charge in [0.1, 0.15) is 5.52 Å². The Morgan fingerprint density at radius 2 is 2.20 bits per heavy atom. The highest BCUT2D eigenvalue weighted by Crippen LogP contribution is 2.25. The molecule has 3 aromatic heterocycles. The Bertz CT molecular complexity index is 716. The van der Waals surface area contributed by atoms with Gasteiger partial charge in [-0.2, -0.15) is 0 Å². The number of hydrogen-bond donors (Lipinski definition) is 1. The van der Waals surface area contributed by atoms with E-state index in [0.29, 0.717) is 16.5 Å². The van der Waals surface area contributed by atoms with Gasteiger partial charge < -0.3 is 4.42 Å². The lowest BCUT2D eigenvalue weighted by molar-refractivity contribution is 0.558. The van der Waals surface area contributed by atoms with Crippen LogP contribution in [0.1, 0.15) is 0 Å². The predicted molar refractivity (Wildman–Crippen MR) is 57.6 cm³/mol. The number of halogens is 1. The maximum atomic E-state index is 11.0. The summed E-state index contributed by atoms with van der Waals surface area (Å²) in [5.74, 6) is -0.487. The van der Waals surface area contributed by atoms with E-state index < -0.39 is 5.76 Å². The molecule has 3 heterocycles. The SMILES string of the molecule is O=c1[nH]c2cnc3c(Br)cncc3c2o1. The van der Waals surface area contributed by atoms with Gasteiger partial charge in [0.15, 0.2) is 5.58 Å². The molecule has 74 valence electrons. The number of H-pyrrole nitrogens is 1. The Kier molecular flexibility index (Phi) is 1.66. The quantitative estimate of drug-likeness (QED) is 0.673. The number of rotatable bonds is 0. The van der Waals surface area contributed by atoms with Crippen molar-refractivity contribution in [2.75, 3.05) is 0 Å². The van der Waals surface area contributed by atoms with Gasteiger partial charge in [0, 0.05) is 12.4 Å². The van der Waals surface area contributed by atoms with E-state index >= 15 is 0 Å². The van der Waals surface area contributed by atoms with Crippen LogP contribution < -0.4 is 5.76 Å². The van der Waals surface area contributed by atoms with Crippen molar-refractivity contribution in [1.82, 2.24) is 15.0 Å². The predicted octanol–water partition coefficient (Wildman–Crippen LogP) is 1.83. The molecule has 15 heavy (non-hydrogen) atoms. The summed E-state index contributed by atoms with van der Waals surface area (Å²) in [5, 5.41) is 0.709. The van der Waals surface area contributed by atoms with Crippen LogP contribution in [0.3, 0.4) is 0 Å². The number of nitrogens with zero attached hydrogens (tertiary/aromatic N) is 2. The molecule has 0 saturated heterocycles. The summed E-state index contributed by atoms with van der Waals surface area (Å²) >= 11 is 3.33. The summed E-state index contributed by atoms with van der Waals surface area (Å²) in [7, 11) is 0. The Morgan fingerprint density at radius 3 is 3.07 bits per heavy atom. The molecule has 0 aliphatic heterocycles. The summed E-state index contributed by atoms with van der Waals surface area (Å²) in [6.07, 6.45) is 4.82. The second-order valence-corrected chi connectivity index (χ2v) is 3.89. The van der Waals surface area contributed by atoms with Gasteiger partial charge in [0.2, 0.25) is 0 Å². The first kappa shape index (κ1) is 8.60. The Labute approximate surface area is 91.3 Å². The highest BCUT2D eigenvalue weighted by Gasteiger charge is 2.09. The normalized spacial score (nSPS) is 11.3. The van der Waals surface area contributed by atoms with Crippen molar-refractivity contribution in [3.8, 4) is 0 Å². The standard InChI is InChI=1S/C9H4BrN3O2/c10-5-2-11-1-4-7(5)12-3-6-8(4)15-9(14)13-6/h1-3H,(H,13,14). The van der Waals surface area contributed by atoms with Crippen molar-refractivity contribution in [1.29, 1.82) is 0 Å². The molecule has 0 aromatic carbocycles. The number of oxazole rings is 1. The average molecular weight is 266 g/mol. The average Bonchev–Trinajstić information content (AvgIpc) is 2.59. The first-order chi connectivity index (χ1) is 7.25. The molecule has 1 N–H and O–H groups in total. The van der Waals surface area contributed by atoms with E-state index in [0.717, 1.165) is 9.99 Å². The molecule has 0 atom stereocenters. The van der Waals surface area contributed by atoms with Crippen LogP contribution in [0.4, 0.5) is 0 Å². The Morgan fingerprint density at radius 1 is 1.33 bits per heavy atom. The maximum Gasteiger partial charge on any atom is 0.417 e. The van der Waals surface area contributed by atoms with E-state index in [1.807, 2.05) is 0 Å². The van der Waals surface area contributed by atoms with Crippen molar-refractivity contribution in [3.05, 3.63) is 33.6 Å². The van der Waals surface area contributed by atoms with Gasteiger partial charge in [0.05, 0.1) is 21.6 Å². The molecule has 3 aromatic rings. The van der Waals surface area contributed by atoms with Crippen LogP contribution in [0.15, 0.2) is 32.3 Å². The molecule has 5 nitrogen and oxygen atoms in total. The fourth-order valence-electron chi connectivity index (χ4n) is 1.49. The number of fused-ring (bicyclic) bond motifs is 3. The third-order valence-electron chi connectivity index (χ3n) is 2.12. The van der Waals surface area contributed by atoms with E-state index in [1.54, 1.807) is 18.6 Å².